The lowest BCUT2D eigenvalue weighted by Crippen LogP contribution is -2.54. The molecule has 0 bridgehead atoms. The number of nitrogens with zero attached hydrogens (tertiary/aromatic N) is 1. The summed E-state index contributed by atoms with van der Waals surface area (Å²) in [5.41, 5.74) is 0. The summed E-state index contributed by atoms with van der Waals surface area (Å²) in [4.78, 5) is 14.8. The predicted octanol–water partition coefficient (Wildman–Crippen LogP) is 2.73. The number of amides is 2. The fourth-order valence-corrected chi connectivity index (χ4v) is 5.62. The van der Waals surface area contributed by atoms with E-state index in [2.05, 4.69) is 21.8 Å². The summed E-state index contributed by atoms with van der Waals surface area (Å²) in [6.45, 7) is 1.98. The van der Waals surface area contributed by atoms with Gasteiger partial charge in [0.05, 0.1) is 6.10 Å². The van der Waals surface area contributed by atoms with E-state index in [1.54, 1.807) is 0 Å². The molecule has 1 heterocycles. The maximum atomic E-state index is 12.3. The molecule has 4 unspecified atom stereocenters. The summed E-state index contributed by atoms with van der Waals surface area (Å²) in [5.74, 6) is 0. The van der Waals surface area contributed by atoms with Crippen molar-refractivity contribution in [3.8, 4) is 0 Å². The van der Waals surface area contributed by atoms with Crippen LogP contribution in [0.4, 0.5) is 4.79 Å². The number of aliphatic hydroxyl groups is 1. The van der Waals surface area contributed by atoms with Gasteiger partial charge >= 0.3 is 6.03 Å². The van der Waals surface area contributed by atoms with Crippen LogP contribution >= 0.6 is 11.8 Å². The first-order chi connectivity index (χ1) is 12.2. The Morgan fingerprint density at radius 1 is 0.960 bits per heavy atom. The lowest BCUT2D eigenvalue weighted by Gasteiger charge is -2.41. The number of rotatable bonds is 4. The van der Waals surface area contributed by atoms with Crippen molar-refractivity contribution in [2.24, 2.45) is 0 Å². The van der Waals surface area contributed by atoms with Crippen LogP contribution in [0.3, 0.4) is 0 Å². The van der Waals surface area contributed by atoms with E-state index in [1.165, 1.54) is 19.3 Å². The van der Waals surface area contributed by atoms with E-state index < -0.39 is 0 Å². The molecule has 0 spiro atoms. The molecule has 25 heavy (non-hydrogen) atoms. The molecule has 2 amide bonds. The van der Waals surface area contributed by atoms with Gasteiger partial charge in [-0.05, 0) is 51.2 Å². The van der Waals surface area contributed by atoms with E-state index in [9.17, 15) is 9.90 Å². The number of hydrogen-bond donors (Lipinski definition) is 3. The number of likely N-dealkylation sites (tertiary alicyclic amines) is 1. The first kappa shape index (κ1) is 19.3. The van der Waals surface area contributed by atoms with Crippen LogP contribution in [0, 0.1) is 0 Å². The fourth-order valence-electron chi connectivity index (χ4n) is 4.80. The van der Waals surface area contributed by atoms with Gasteiger partial charge in [-0.25, -0.2) is 4.79 Å². The van der Waals surface area contributed by atoms with Gasteiger partial charge in [-0.15, -0.1) is 0 Å². The summed E-state index contributed by atoms with van der Waals surface area (Å²) in [7, 11) is 0. The molecule has 6 heteroatoms. The second-order valence-corrected chi connectivity index (χ2v) is 9.21. The van der Waals surface area contributed by atoms with Crippen LogP contribution in [0.15, 0.2) is 0 Å². The maximum Gasteiger partial charge on any atom is 0.315 e. The van der Waals surface area contributed by atoms with Crippen molar-refractivity contribution >= 4 is 17.8 Å². The number of thioether (sulfide) groups is 1. The van der Waals surface area contributed by atoms with Crippen LogP contribution < -0.4 is 10.6 Å². The summed E-state index contributed by atoms with van der Waals surface area (Å²) < 4.78 is 0. The SMILES string of the molecule is CSC1CCCC(NC(=O)NC2CCN(C3CCCCC3O)CC2)C1. The normalized spacial score (nSPS) is 35.3. The van der Waals surface area contributed by atoms with Gasteiger partial charge in [0.1, 0.15) is 0 Å². The van der Waals surface area contributed by atoms with Gasteiger partial charge in [-0.1, -0.05) is 19.3 Å². The van der Waals surface area contributed by atoms with Crippen molar-refractivity contribution in [2.45, 2.75) is 93.7 Å². The number of carbonyl (C=O) groups excluding carboxylic acids is 1. The second-order valence-electron chi connectivity index (χ2n) is 8.07. The van der Waals surface area contributed by atoms with Crippen LogP contribution in [0.5, 0.6) is 0 Å². The lowest BCUT2D eigenvalue weighted by molar-refractivity contribution is 0.00774. The molecule has 3 N–H and O–H groups in total. The summed E-state index contributed by atoms with van der Waals surface area (Å²) >= 11 is 1.93. The minimum atomic E-state index is -0.155. The summed E-state index contributed by atoms with van der Waals surface area (Å²) in [5, 5.41) is 17.3. The average molecular weight is 370 g/mol. The van der Waals surface area contributed by atoms with Crippen molar-refractivity contribution in [3.05, 3.63) is 0 Å². The maximum absolute atomic E-state index is 12.3. The largest absolute Gasteiger partial charge is 0.391 e. The molecule has 4 atom stereocenters. The number of nitrogens with one attached hydrogen (secondary N) is 2. The average Bonchev–Trinajstić information content (AvgIpc) is 2.63. The van der Waals surface area contributed by atoms with Crippen molar-refractivity contribution in [1.82, 2.24) is 15.5 Å². The summed E-state index contributed by atoms with van der Waals surface area (Å²) in [6.07, 6.45) is 13.2. The first-order valence-electron chi connectivity index (χ1n) is 10.2. The van der Waals surface area contributed by atoms with E-state index in [0.717, 1.165) is 58.0 Å². The third-order valence-electron chi connectivity index (χ3n) is 6.32. The Morgan fingerprint density at radius 3 is 2.40 bits per heavy atom. The zero-order valence-electron chi connectivity index (χ0n) is 15.6. The molecular formula is C19H35N3O2S. The molecule has 0 aromatic carbocycles. The van der Waals surface area contributed by atoms with Crippen molar-refractivity contribution in [2.75, 3.05) is 19.3 Å². The van der Waals surface area contributed by atoms with Gasteiger partial charge in [-0.2, -0.15) is 11.8 Å². The monoisotopic (exact) mass is 369 g/mol. The highest BCUT2D eigenvalue weighted by Crippen LogP contribution is 2.27. The molecule has 0 aromatic rings. The molecule has 2 saturated carbocycles. The molecule has 5 nitrogen and oxygen atoms in total. The van der Waals surface area contributed by atoms with Gasteiger partial charge in [0.25, 0.3) is 0 Å². The van der Waals surface area contributed by atoms with E-state index in [-0.39, 0.29) is 18.2 Å². The minimum Gasteiger partial charge on any atom is -0.391 e. The topological polar surface area (TPSA) is 64.6 Å². The highest BCUT2D eigenvalue weighted by molar-refractivity contribution is 7.99. The second kappa shape index (κ2) is 9.47. The van der Waals surface area contributed by atoms with Crippen LogP contribution in [-0.4, -0.2) is 64.9 Å². The number of carbonyl (C=O) groups is 1. The summed E-state index contributed by atoms with van der Waals surface area (Å²) in [6, 6.07) is 0.970. The van der Waals surface area contributed by atoms with Crippen molar-refractivity contribution in [3.63, 3.8) is 0 Å². The number of piperidine rings is 1. The predicted molar refractivity (Wildman–Crippen MR) is 104 cm³/mol. The molecule has 0 aromatic heterocycles. The molecule has 1 aliphatic heterocycles. The Labute approximate surface area is 156 Å². The number of urea groups is 1. The van der Waals surface area contributed by atoms with Crippen molar-refractivity contribution < 1.29 is 9.90 Å². The molecule has 3 rings (SSSR count). The molecule has 1 saturated heterocycles. The van der Waals surface area contributed by atoms with Gasteiger partial charge in [0.15, 0.2) is 0 Å². The Kier molecular flexibility index (Phi) is 7.31. The molecular weight excluding hydrogens is 334 g/mol. The van der Waals surface area contributed by atoms with E-state index in [4.69, 9.17) is 0 Å². The highest BCUT2D eigenvalue weighted by atomic mass is 32.2. The Morgan fingerprint density at radius 2 is 1.68 bits per heavy atom. The first-order valence-corrected chi connectivity index (χ1v) is 11.5. The Hall–Kier alpha value is -0.460. The van der Waals surface area contributed by atoms with E-state index >= 15 is 0 Å². The zero-order valence-corrected chi connectivity index (χ0v) is 16.4. The van der Waals surface area contributed by atoms with Crippen LogP contribution in [0.2, 0.25) is 0 Å². The van der Waals surface area contributed by atoms with Crippen LogP contribution in [-0.2, 0) is 0 Å². The highest BCUT2D eigenvalue weighted by Gasteiger charge is 2.32. The van der Waals surface area contributed by atoms with Gasteiger partial charge < -0.3 is 15.7 Å². The molecule has 2 aliphatic carbocycles. The van der Waals surface area contributed by atoms with Gasteiger partial charge in [-0.3, -0.25) is 4.90 Å². The number of hydrogen-bond acceptors (Lipinski definition) is 4. The molecule has 3 aliphatic rings. The minimum absolute atomic E-state index is 0.0166. The Bertz CT molecular complexity index is 429. The Balaban J connectivity index is 1.37. The van der Waals surface area contributed by atoms with Crippen LogP contribution in [0.25, 0.3) is 0 Å². The standard InChI is InChI=1S/C19H35N3O2S/c1-25-16-6-4-5-15(13-16)21-19(24)20-14-9-11-22(12-10-14)17-7-2-3-8-18(17)23/h14-18,23H,2-13H2,1H3,(H2,20,21,24). The quantitative estimate of drug-likeness (QED) is 0.713. The number of aliphatic hydroxyl groups excluding tert-OH is 1. The van der Waals surface area contributed by atoms with Crippen molar-refractivity contribution in [1.29, 1.82) is 0 Å². The van der Waals surface area contributed by atoms with Gasteiger partial charge in [0, 0.05) is 36.5 Å². The van der Waals surface area contributed by atoms with Gasteiger partial charge in [0.2, 0.25) is 0 Å². The molecule has 0 radical (unpaired) electrons. The third kappa shape index (κ3) is 5.51. The molecule has 3 fully saturated rings. The zero-order chi connectivity index (χ0) is 17.6. The van der Waals surface area contributed by atoms with Crippen LogP contribution in [0.1, 0.15) is 64.2 Å². The molecule has 144 valence electrons. The lowest BCUT2D eigenvalue weighted by atomic mass is 9.89. The fraction of sp³-hybridized carbons (Fsp3) is 0.947. The smallest absolute Gasteiger partial charge is 0.315 e. The van der Waals surface area contributed by atoms with E-state index in [1.807, 2.05) is 11.8 Å². The third-order valence-corrected chi connectivity index (χ3v) is 7.42. The van der Waals surface area contributed by atoms with E-state index in [0.29, 0.717) is 17.3 Å².